The van der Waals surface area contributed by atoms with E-state index < -0.39 is 18.3 Å². The zero-order valence-electron chi connectivity index (χ0n) is 21.3. The van der Waals surface area contributed by atoms with Crippen molar-refractivity contribution in [2.24, 2.45) is 11.8 Å². The van der Waals surface area contributed by atoms with Crippen molar-refractivity contribution in [3.8, 4) is 0 Å². The van der Waals surface area contributed by atoms with E-state index in [0.717, 1.165) is 32.1 Å². The van der Waals surface area contributed by atoms with Crippen molar-refractivity contribution >= 4 is 11.8 Å². The van der Waals surface area contributed by atoms with Gasteiger partial charge in [0.25, 0.3) is 0 Å². The first-order chi connectivity index (χ1) is 16.3. The van der Waals surface area contributed by atoms with Crippen molar-refractivity contribution in [1.29, 1.82) is 0 Å². The van der Waals surface area contributed by atoms with Gasteiger partial charge in [0.2, 0.25) is 11.8 Å². The first kappa shape index (κ1) is 29.0. The van der Waals surface area contributed by atoms with Crippen molar-refractivity contribution in [3.05, 3.63) is 0 Å². The van der Waals surface area contributed by atoms with Crippen LogP contribution in [0.5, 0.6) is 0 Å². The van der Waals surface area contributed by atoms with Gasteiger partial charge in [0, 0.05) is 66.0 Å². The molecule has 0 aromatic carbocycles. The molecule has 0 aliphatic carbocycles. The van der Waals surface area contributed by atoms with Crippen LogP contribution in [0.25, 0.3) is 0 Å². The quantitative estimate of drug-likeness (QED) is 0.585. The molecule has 2 saturated heterocycles. The largest absolute Gasteiger partial charge is 0.388 e. The van der Waals surface area contributed by atoms with Gasteiger partial charge in [0.05, 0.1) is 6.61 Å². The molecule has 2 N–H and O–H groups in total. The second kappa shape index (κ2) is 15.7. The molecule has 2 rings (SSSR count). The summed E-state index contributed by atoms with van der Waals surface area (Å²) in [6, 6.07) is 0. The molecule has 0 unspecified atom stereocenters. The number of rotatable bonds is 6. The average molecular weight is 487 g/mol. The summed E-state index contributed by atoms with van der Waals surface area (Å²) in [7, 11) is 0. The van der Waals surface area contributed by atoms with Crippen LogP contribution in [-0.2, 0) is 23.8 Å². The molecule has 3 atom stereocenters. The van der Waals surface area contributed by atoms with Crippen LogP contribution in [0.1, 0.15) is 59.3 Å². The normalized spacial score (nSPS) is 26.9. The van der Waals surface area contributed by atoms with Gasteiger partial charge in [-0.1, -0.05) is 13.8 Å². The maximum absolute atomic E-state index is 13.1. The van der Waals surface area contributed by atoms with E-state index in [4.69, 9.17) is 14.2 Å². The Bertz CT molecular complexity index is 598. The highest BCUT2D eigenvalue weighted by Gasteiger charge is 2.31. The fraction of sp³-hybridized carbons (Fsp3) is 0.920. The van der Waals surface area contributed by atoms with Crippen LogP contribution in [0.2, 0.25) is 0 Å². The van der Waals surface area contributed by atoms with Gasteiger partial charge in [-0.25, -0.2) is 0 Å². The Labute approximate surface area is 204 Å². The Morgan fingerprint density at radius 2 is 1.71 bits per heavy atom. The SMILES string of the molecule is CC(=O)N1CCN(C(=O)CC2CCOCC2)CCCCOC[C@@H](O)[C@@H](O)[C@H](OCCC(C)C)C1. The maximum atomic E-state index is 13.1. The molecule has 198 valence electrons. The lowest BCUT2D eigenvalue weighted by molar-refractivity contribution is -0.142. The van der Waals surface area contributed by atoms with E-state index in [0.29, 0.717) is 64.3 Å². The van der Waals surface area contributed by atoms with E-state index in [9.17, 15) is 19.8 Å². The summed E-state index contributed by atoms with van der Waals surface area (Å²) in [5, 5.41) is 21.2. The van der Waals surface area contributed by atoms with Crippen molar-refractivity contribution in [2.45, 2.75) is 77.6 Å². The predicted octanol–water partition coefficient (Wildman–Crippen LogP) is 1.44. The van der Waals surface area contributed by atoms with Gasteiger partial charge in [0.1, 0.15) is 18.3 Å². The minimum Gasteiger partial charge on any atom is -0.388 e. The third-order valence-corrected chi connectivity index (χ3v) is 6.70. The lowest BCUT2D eigenvalue weighted by Gasteiger charge is -2.34. The van der Waals surface area contributed by atoms with Crippen LogP contribution < -0.4 is 0 Å². The van der Waals surface area contributed by atoms with Gasteiger partial charge in [0.15, 0.2) is 0 Å². The van der Waals surface area contributed by atoms with Crippen LogP contribution in [-0.4, -0.2) is 109 Å². The molecule has 2 fully saturated rings. The molecule has 2 aliphatic heterocycles. The Balaban J connectivity index is 2.08. The molecule has 2 aliphatic rings. The Kier molecular flexibility index (Phi) is 13.4. The summed E-state index contributed by atoms with van der Waals surface area (Å²) in [5.74, 6) is 0.739. The predicted molar refractivity (Wildman–Crippen MR) is 128 cm³/mol. The molecule has 0 aromatic rings. The molecule has 2 heterocycles. The van der Waals surface area contributed by atoms with Crippen LogP contribution >= 0.6 is 0 Å². The Morgan fingerprint density at radius 1 is 1.00 bits per heavy atom. The van der Waals surface area contributed by atoms with Crippen molar-refractivity contribution in [1.82, 2.24) is 9.80 Å². The standard InChI is InChI=1S/C25H46N2O7/c1-19(2)6-15-34-23-17-27(20(3)28)11-10-26(24(30)16-21-7-13-32-14-8-21)9-4-5-12-33-18-22(29)25(23)31/h19,21-23,25,29,31H,4-18H2,1-3H3/t22-,23-,25-/m1/s1. The molecule has 0 radical (unpaired) electrons. The summed E-state index contributed by atoms with van der Waals surface area (Å²) in [5.41, 5.74) is 0. The average Bonchev–Trinajstić information content (AvgIpc) is 2.80. The molecule has 0 bridgehead atoms. The van der Waals surface area contributed by atoms with Gasteiger partial charge >= 0.3 is 0 Å². The molecule has 0 saturated carbocycles. The van der Waals surface area contributed by atoms with E-state index in [1.165, 1.54) is 6.92 Å². The van der Waals surface area contributed by atoms with Crippen LogP contribution in [0.3, 0.4) is 0 Å². The second-order valence-electron chi connectivity index (χ2n) is 10.0. The Hall–Kier alpha value is -1.26. The molecule has 9 heteroatoms. The highest BCUT2D eigenvalue weighted by molar-refractivity contribution is 5.77. The van der Waals surface area contributed by atoms with E-state index in [1.54, 1.807) is 4.90 Å². The first-order valence-electron chi connectivity index (χ1n) is 12.9. The summed E-state index contributed by atoms with van der Waals surface area (Å²) in [6.45, 7) is 9.49. The summed E-state index contributed by atoms with van der Waals surface area (Å²) >= 11 is 0. The highest BCUT2D eigenvalue weighted by Crippen LogP contribution is 2.20. The molecule has 0 spiro atoms. The van der Waals surface area contributed by atoms with Gasteiger partial charge in [-0.15, -0.1) is 0 Å². The molecule has 0 aromatic heterocycles. The Morgan fingerprint density at radius 3 is 2.38 bits per heavy atom. The number of amides is 2. The first-order valence-corrected chi connectivity index (χ1v) is 12.9. The van der Waals surface area contributed by atoms with E-state index >= 15 is 0 Å². The summed E-state index contributed by atoms with van der Waals surface area (Å²) < 4.78 is 16.9. The number of hydrogen-bond donors (Lipinski definition) is 2. The number of aliphatic hydroxyl groups is 2. The van der Waals surface area contributed by atoms with Crippen LogP contribution in [0.15, 0.2) is 0 Å². The molecule has 9 nitrogen and oxygen atoms in total. The second-order valence-corrected chi connectivity index (χ2v) is 10.0. The van der Waals surface area contributed by atoms with E-state index in [2.05, 4.69) is 13.8 Å². The number of carbonyl (C=O) groups excluding carboxylic acids is 2. The van der Waals surface area contributed by atoms with Crippen molar-refractivity contribution in [3.63, 3.8) is 0 Å². The monoisotopic (exact) mass is 486 g/mol. The third-order valence-electron chi connectivity index (χ3n) is 6.70. The smallest absolute Gasteiger partial charge is 0.222 e. The van der Waals surface area contributed by atoms with Crippen molar-refractivity contribution in [2.75, 3.05) is 59.2 Å². The zero-order chi connectivity index (χ0) is 24.9. The molecule has 2 amide bonds. The van der Waals surface area contributed by atoms with E-state index in [-0.39, 0.29) is 25.0 Å². The number of nitrogens with zero attached hydrogens (tertiary/aromatic N) is 2. The summed E-state index contributed by atoms with van der Waals surface area (Å²) in [6.07, 6.45) is 1.63. The maximum Gasteiger partial charge on any atom is 0.222 e. The lowest BCUT2D eigenvalue weighted by Crippen LogP contribution is -2.50. The number of aliphatic hydroxyl groups excluding tert-OH is 2. The fourth-order valence-electron chi connectivity index (χ4n) is 4.30. The lowest BCUT2D eigenvalue weighted by atomic mass is 9.96. The van der Waals surface area contributed by atoms with E-state index in [1.807, 2.05) is 4.90 Å². The fourth-order valence-corrected chi connectivity index (χ4v) is 4.30. The third kappa shape index (κ3) is 10.6. The topological polar surface area (TPSA) is 109 Å². The number of ether oxygens (including phenoxy) is 3. The van der Waals surface area contributed by atoms with Gasteiger partial charge in [-0.2, -0.15) is 0 Å². The van der Waals surface area contributed by atoms with Crippen molar-refractivity contribution < 1.29 is 34.0 Å². The van der Waals surface area contributed by atoms with Gasteiger partial charge in [-0.3, -0.25) is 9.59 Å². The highest BCUT2D eigenvalue weighted by atomic mass is 16.5. The summed E-state index contributed by atoms with van der Waals surface area (Å²) in [4.78, 5) is 29.0. The molecule has 34 heavy (non-hydrogen) atoms. The molecular weight excluding hydrogens is 440 g/mol. The number of hydrogen-bond acceptors (Lipinski definition) is 7. The zero-order valence-corrected chi connectivity index (χ0v) is 21.3. The van der Waals surface area contributed by atoms with Crippen LogP contribution in [0, 0.1) is 11.8 Å². The molecular formula is C25H46N2O7. The minimum absolute atomic E-state index is 0.00231. The van der Waals surface area contributed by atoms with Crippen LogP contribution in [0.4, 0.5) is 0 Å². The van der Waals surface area contributed by atoms with Gasteiger partial charge < -0.3 is 34.2 Å². The van der Waals surface area contributed by atoms with Gasteiger partial charge in [-0.05, 0) is 43.9 Å². The number of carbonyl (C=O) groups is 2. The minimum atomic E-state index is -1.18.